The lowest BCUT2D eigenvalue weighted by Crippen LogP contribution is -2.41. The number of methoxy groups -OCH3 is 1. The van der Waals surface area contributed by atoms with Crippen molar-refractivity contribution < 1.29 is 9.53 Å². The molecular weight excluding hydrogens is 228 g/mol. The van der Waals surface area contributed by atoms with Gasteiger partial charge in [0.15, 0.2) is 0 Å². The van der Waals surface area contributed by atoms with Crippen LogP contribution in [0.25, 0.3) is 0 Å². The molecule has 4 heteroatoms. The molecule has 0 spiro atoms. The fourth-order valence-corrected chi connectivity index (χ4v) is 2.33. The molecule has 0 bridgehead atoms. The molecule has 98 valence electrons. The molecule has 1 aromatic carbocycles. The third-order valence-corrected chi connectivity index (χ3v) is 3.12. The normalized spacial score (nSPS) is 19.7. The Morgan fingerprint density at radius 1 is 1.39 bits per heavy atom. The van der Waals surface area contributed by atoms with Crippen LogP contribution >= 0.6 is 0 Å². The molecular formula is C14H20N2O2. The Hall–Kier alpha value is -1.55. The minimum Gasteiger partial charge on any atom is -0.495 e. The van der Waals surface area contributed by atoms with Crippen molar-refractivity contribution in [2.24, 2.45) is 0 Å². The maximum absolute atomic E-state index is 12.3. The number of carbonyl (C=O) groups excluding carboxylic acids is 1. The third-order valence-electron chi connectivity index (χ3n) is 3.12. The van der Waals surface area contributed by atoms with Crippen molar-refractivity contribution in [1.82, 2.24) is 5.32 Å². The van der Waals surface area contributed by atoms with Crippen LogP contribution in [-0.4, -0.2) is 31.6 Å². The summed E-state index contributed by atoms with van der Waals surface area (Å²) in [4.78, 5) is 14.1. The molecule has 0 aliphatic carbocycles. The second kappa shape index (κ2) is 5.40. The Balaban J connectivity index is 2.18. The number of hydrogen-bond acceptors (Lipinski definition) is 3. The van der Waals surface area contributed by atoms with E-state index in [-0.39, 0.29) is 11.9 Å². The van der Waals surface area contributed by atoms with Crippen LogP contribution in [0.15, 0.2) is 24.3 Å². The van der Waals surface area contributed by atoms with E-state index < -0.39 is 0 Å². The minimum absolute atomic E-state index is 0.0742. The van der Waals surface area contributed by atoms with Gasteiger partial charge in [-0.05, 0) is 18.6 Å². The van der Waals surface area contributed by atoms with Crippen molar-refractivity contribution in [3.05, 3.63) is 24.3 Å². The number of rotatable bonds is 4. The van der Waals surface area contributed by atoms with Gasteiger partial charge >= 0.3 is 0 Å². The Bertz CT molecular complexity index is 432. The summed E-state index contributed by atoms with van der Waals surface area (Å²) in [5.41, 5.74) is 0.859. The molecule has 4 nitrogen and oxygen atoms in total. The van der Waals surface area contributed by atoms with Crippen molar-refractivity contribution in [3.8, 4) is 5.75 Å². The van der Waals surface area contributed by atoms with Crippen LogP contribution in [0.3, 0.4) is 0 Å². The van der Waals surface area contributed by atoms with Crippen LogP contribution in [0.2, 0.25) is 0 Å². The first-order valence-corrected chi connectivity index (χ1v) is 6.34. The van der Waals surface area contributed by atoms with Crippen molar-refractivity contribution in [2.75, 3.05) is 18.6 Å². The molecule has 18 heavy (non-hydrogen) atoms. The molecule has 0 radical (unpaired) electrons. The number of nitrogens with zero attached hydrogens (tertiary/aromatic N) is 1. The molecule has 2 rings (SSSR count). The maximum Gasteiger partial charge on any atom is 0.244 e. The molecule has 1 aliphatic heterocycles. The molecule has 1 heterocycles. The maximum atomic E-state index is 12.3. The van der Waals surface area contributed by atoms with Crippen molar-refractivity contribution in [3.63, 3.8) is 0 Å². The van der Waals surface area contributed by atoms with E-state index in [9.17, 15) is 4.79 Å². The van der Waals surface area contributed by atoms with Gasteiger partial charge < -0.3 is 15.0 Å². The quantitative estimate of drug-likeness (QED) is 0.883. The number of para-hydroxylation sites is 2. The predicted molar refractivity (Wildman–Crippen MR) is 72.0 cm³/mol. The monoisotopic (exact) mass is 248 g/mol. The number of hydrogen-bond donors (Lipinski definition) is 1. The second-order valence-electron chi connectivity index (χ2n) is 4.82. The van der Waals surface area contributed by atoms with E-state index in [2.05, 4.69) is 19.2 Å². The van der Waals surface area contributed by atoms with Crippen LogP contribution in [0.4, 0.5) is 5.69 Å². The molecule has 1 fully saturated rings. The molecule has 0 aromatic heterocycles. The molecule has 1 unspecified atom stereocenters. The van der Waals surface area contributed by atoms with Gasteiger partial charge in [0.2, 0.25) is 5.91 Å². The SMILES string of the molecule is COc1ccccc1N1CCC(NC(C)C)C1=O. The minimum atomic E-state index is -0.0742. The second-order valence-corrected chi connectivity index (χ2v) is 4.82. The van der Waals surface area contributed by atoms with E-state index in [0.29, 0.717) is 6.04 Å². The van der Waals surface area contributed by atoms with Gasteiger partial charge in [0.25, 0.3) is 0 Å². The highest BCUT2D eigenvalue weighted by Gasteiger charge is 2.33. The molecule has 1 aliphatic rings. The average Bonchev–Trinajstić information content (AvgIpc) is 2.70. The van der Waals surface area contributed by atoms with Crippen LogP contribution in [0.5, 0.6) is 5.75 Å². The van der Waals surface area contributed by atoms with Crippen LogP contribution in [0, 0.1) is 0 Å². The smallest absolute Gasteiger partial charge is 0.244 e. The summed E-state index contributed by atoms with van der Waals surface area (Å²) in [7, 11) is 1.63. The van der Waals surface area contributed by atoms with E-state index in [0.717, 1.165) is 24.4 Å². The van der Waals surface area contributed by atoms with Gasteiger partial charge in [-0.1, -0.05) is 26.0 Å². The summed E-state index contributed by atoms with van der Waals surface area (Å²) in [5.74, 6) is 0.879. The van der Waals surface area contributed by atoms with E-state index in [1.807, 2.05) is 24.3 Å². The van der Waals surface area contributed by atoms with Gasteiger partial charge in [0.1, 0.15) is 5.75 Å². The lowest BCUT2D eigenvalue weighted by molar-refractivity contribution is -0.119. The van der Waals surface area contributed by atoms with Gasteiger partial charge in [-0.25, -0.2) is 0 Å². The van der Waals surface area contributed by atoms with Gasteiger partial charge in [-0.2, -0.15) is 0 Å². The topological polar surface area (TPSA) is 41.6 Å². The highest BCUT2D eigenvalue weighted by Crippen LogP contribution is 2.30. The number of benzene rings is 1. The number of amides is 1. The molecule has 1 atom stereocenters. The summed E-state index contributed by atoms with van der Waals surface area (Å²) in [6.45, 7) is 4.85. The number of ether oxygens (including phenoxy) is 1. The van der Waals surface area contributed by atoms with Gasteiger partial charge in [-0.15, -0.1) is 0 Å². The molecule has 1 aromatic rings. The Morgan fingerprint density at radius 2 is 2.11 bits per heavy atom. The summed E-state index contributed by atoms with van der Waals surface area (Å²) >= 11 is 0. The fraction of sp³-hybridized carbons (Fsp3) is 0.500. The molecule has 1 N–H and O–H groups in total. The summed E-state index contributed by atoms with van der Waals surface area (Å²) in [6.07, 6.45) is 0.842. The van der Waals surface area contributed by atoms with E-state index >= 15 is 0 Å². The lowest BCUT2D eigenvalue weighted by Gasteiger charge is -2.20. The first kappa shape index (κ1) is 12.9. The van der Waals surface area contributed by atoms with Gasteiger partial charge in [0, 0.05) is 12.6 Å². The van der Waals surface area contributed by atoms with E-state index in [1.54, 1.807) is 12.0 Å². The highest BCUT2D eigenvalue weighted by molar-refractivity contribution is 6.00. The zero-order chi connectivity index (χ0) is 13.1. The number of anilines is 1. The number of carbonyl (C=O) groups is 1. The zero-order valence-electron chi connectivity index (χ0n) is 11.1. The van der Waals surface area contributed by atoms with E-state index in [1.165, 1.54) is 0 Å². The summed E-state index contributed by atoms with van der Waals surface area (Å²) in [6, 6.07) is 7.88. The summed E-state index contributed by atoms with van der Waals surface area (Å²) in [5, 5.41) is 3.30. The van der Waals surface area contributed by atoms with Crippen LogP contribution in [-0.2, 0) is 4.79 Å². The lowest BCUT2D eigenvalue weighted by atomic mass is 10.2. The molecule has 0 saturated carbocycles. The first-order valence-electron chi connectivity index (χ1n) is 6.34. The third kappa shape index (κ3) is 2.48. The van der Waals surface area contributed by atoms with Crippen molar-refractivity contribution >= 4 is 11.6 Å². The average molecular weight is 248 g/mol. The van der Waals surface area contributed by atoms with Crippen molar-refractivity contribution in [1.29, 1.82) is 0 Å². The predicted octanol–water partition coefficient (Wildman–Crippen LogP) is 1.80. The van der Waals surface area contributed by atoms with Crippen LogP contribution in [0.1, 0.15) is 20.3 Å². The Kier molecular flexibility index (Phi) is 3.87. The van der Waals surface area contributed by atoms with Crippen LogP contribution < -0.4 is 15.0 Å². The zero-order valence-corrected chi connectivity index (χ0v) is 11.1. The summed E-state index contributed by atoms with van der Waals surface area (Å²) < 4.78 is 5.31. The number of nitrogens with one attached hydrogen (secondary N) is 1. The fourth-order valence-electron chi connectivity index (χ4n) is 2.33. The van der Waals surface area contributed by atoms with Gasteiger partial charge in [0.05, 0.1) is 18.8 Å². The van der Waals surface area contributed by atoms with Gasteiger partial charge in [-0.3, -0.25) is 4.79 Å². The van der Waals surface area contributed by atoms with Crippen molar-refractivity contribution in [2.45, 2.75) is 32.4 Å². The molecule has 1 amide bonds. The highest BCUT2D eigenvalue weighted by atomic mass is 16.5. The standard InChI is InChI=1S/C14H20N2O2/c1-10(2)15-11-8-9-16(14(11)17)12-6-4-5-7-13(12)18-3/h4-7,10-11,15H,8-9H2,1-3H3. The largest absolute Gasteiger partial charge is 0.495 e. The Morgan fingerprint density at radius 3 is 2.78 bits per heavy atom. The molecule has 1 saturated heterocycles. The first-order chi connectivity index (χ1) is 8.63. The van der Waals surface area contributed by atoms with E-state index in [4.69, 9.17) is 4.74 Å². The Labute approximate surface area is 108 Å².